The lowest BCUT2D eigenvalue weighted by atomic mass is 10.2. The Morgan fingerprint density at radius 2 is 2.25 bits per heavy atom. The highest BCUT2D eigenvalue weighted by molar-refractivity contribution is 6.31. The van der Waals surface area contributed by atoms with Crippen molar-refractivity contribution in [3.63, 3.8) is 0 Å². The molecule has 0 bridgehead atoms. The number of hydrogen-bond acceptors (Lipinski definition) is 3. The molecule has 1 saturated heterocycles. The second kappa shape index (κ2) is 5.85. The molecular weight excluding hydrogens is 284 g/mol. The highest BCUT2D eigenvalue weighted by Gasteiger charge is 2.40. The number of carboxylic acid groups (broad SMARTS) is 1. The third kappa shape index (κ3) is 2.66. The highest BCUT2D eigenvalue weighted by atomic mass is 35.5. The number of halogens is 1. The van der Waals surface area contributed by atoms with Gasteiger partial charge in [-0.05, 0) is 13.0 Å². The lowest BCUT2D eigenvalue weighted by molar-refractivity contribution is -0.141. The molecule has 2 unspecified atom stereocenters. The van der Waals surface area contributed by atoms with Gasteiger partial charge in [-0.2, -0.15) is 0 Å². The molecule has 6 nitrogen and oxygen atoms in total. The molecule has 0 aliphatic carbocycles. The molecule has 1 N–H and O–H groups in total. The van der Waals surface area contributed by atoms with Crippen LogP contribution in [0.15, 0.2) is 12.3 Å². The number of aryl methyl sites for hydroxylation is 1. The van der Waals surface area contributed by atoms with Gasteiger partial charge in [0.15, 0.2) is 0 Å². The molecule has 2 atom stereocenters. The van der Waals surface area contributed by atoms with Crippen LogP contribution in [0.4, 0.5) is 0 Å². The van der Waals surface area contributed by atoms with Crippen LogP contribution in [-0.4, -0.2) is 52.3 Å². The van der Waals surface area contributed by atoms with Crippen LogP contribution in [-0.2, 0) is 16.1 Å². The van der Waals surface area contributed by atoms with E-state index in [1.807, 2.05) is 6.92 Å². The maximum Gasteiger partial charge on any atom is 0.326 e. The van der Waals surface area contributed by atoms with Crippen LogP contribution in [0.5, 0.6) is 0 Å². The first-order valence-corrected chi connectivity index (χ1v) is 6.78. The Morgan fingerprint density at radius 3 is 2.80 bits per heavy atom. The molecule has 1 aliphatic heterocycles. The summed E-state index contributed by atoms with van der Waals surface area (Å²) in [7, 11) is 1.52. The van der Waals surface area contributed by atoms with Gasteiger partial charge in [0.25, 0.3) is 5.91 Å². The van der Waals surface area contributed by atoms with Crippen molar-refractivity contribution in [2.24, 2.45) is 0 Å². The number of nitrogens with zero attached hydrogens (tertiary/aromatic N) is 2. The van der Waals surface area contributed by atoms with Crippen molar-refractivity contribution in [3.05, 3.63) is 23.0 Å². The second-order valence-electron chi connectivity index (χ2n) is 4.73. The number of amides is 1. The maximum absolute atomic E-state index is 12.5. The van der Waals surface area contributed by atoms with Crippen molar-refractivity contribution < 1.29 is 19.4 Å². The lowest BCUT2D eigenvalue weighted by Crippen LogP contribution is -2.41. The third-order valence-corrected chi connectivity index (χ3v) is 3.77. The minimum atomic E-state index is -1.02. The molecule has 2 heterocycles. The maximum atomic E-state index is 12.5. The van der Waals surface area contributed by atoms with Crippen molar-refractivity contribution in [2.45, 2.75) is 32.0 Å². The topological polar surface area (TPSA) is 71.8 Å². The summed E-state index contributed by atoms with van der Waals surface area (Å²) in [6.07, 6.45) is 1.72. The largest absolute Gasteiger partial charge is 0.480 e. The molecule has 1 amide bonds. The van der Waals surface area contributed by atoms with Crippen LogP contribution in [0.25, 0.3) is 0 Å². The lowest BCUT2D eigenvalue weighted by Gasteiger charge is -2.21. The van der Waals surface area contributed by atoms with Gasteiger partial charge in [-0.1, -0.05) is 11.6 Å². The fourth-order valence-corrected chi connectivity index (χ4v) is 2.71. The molecule has 0 saturated carbocycles. The number of ether oxygens (including phenoxy) is 1. The molecular formula is C13H17ClN2O4. The molecule has 7 heteroatoms. The zero-order chi connectivity index (χ0) is 14.9. The van der Waals surface area contributed by atoms with Crippen LogP contribution >= 0.6 is 11.6 Å². The highest BCUT2D eigenvalue weighted by Crippen LogP contribution is 2.24. The Balaban J connectivity index is 2.28. The van der Waals surface area contributed by atoms with E-state index in [2.05, 4.69) is 0 Å². The quantitative estimate of drug-likeness (QED) is 0.914. The number of likely N-dealkylation sites (tertiary alicyclic amines) is 1. The van der Waals surface area contributed by atoms with Gasteiger partial charge in [0, 0.05) is 32.8 Å². The van der Waals surface area contributed by atoms with E-state index in [1.165, 1.54) is 12.0 Å². The van der Waals surface area contributed by atoms with E-state index in [1.54, 1.807) is 16.8 Å². The fourth-order valence-electron chi connectivity index (χ4n) is 2.49. The van der Waals surface area contributed by atoms with Crippen molar-refractivity contribution in [1.29, 1.82) is 0 Å². The average Bonchev–Trinajstić information content (AvgIpc) is 3.00. The van der Waals surface area contributed by atoms with Gasteiger partial charge in [0.2, 0.25) is 0 Å². The number of hydrogen-bond donors (Lipinski definition) is 1. The van der Waals surface area contributed by atoms with Gasteiger partial charge in [0.1, 0.15) is 11.7 Å². The van der Waals surface area contributed by atoms with E-state index in [4.69, 9.17) is 16.3 Å². The molecule has 1 fully saturated rings. The van der Waals surface area contributed by atoms with Gasteiger partial charge < -0.3 is 19.3 Å². The van der Waals surface area contributed by atoms with Crippen LogP contribution in [0.3, 0.4) is 0 Å². The summed E-state index contributed by atoms with van der Waals surface area (Å²) >= 11 is 5.92. The first-order chi connectivity index (χ1) is 9.47. The van der Waals surface area contributed by atoms with Crippen LogP contribution in [0.1, 0.15) is 23.8 Å². The molecule has 2 rings (SSSR count). The number of rotatable bonds is 4. The van der Waals surface area contributed by atoms with E-state index >= 15 is 0 Å². The number of aromatic nitrogens is 1. The van der Waals surface area contributed by atoms with Gasteiger partial charge in [-0.3, -0.25) is 4.79 Å². The van der Waals surface area contributed by atoms with Crippen molar-refractivity contribution in [2.75, 3.05) is 13.7 Å². The summed E-state index contributed by atoms with van der Waals surface area (Å²) in [5.41, 5.74) is 0.403. The number of aliphatic carboxylic acids is 1. The first kappa shape index (κ1) is 14.9. The van der Waals surface area contributed by atoms with Gasteiger partial charge in [-0.25, -0.2) is 4.79 Å². The summed E-state index contributed by atoms with van der Waals surface area (Å²) < 4.78 is 6.89. The Hall–Kier alpha value is -1.53. The van der Waals surface area contributed by atoms with Crippen molar-refractivity contribution in [1.82, 2.24) is 9.47 Å². The smallest absolute Gasteiger partial charge is 0.326 e. The number of carboxylic acids is 1. The summed E-state index contributed by atoms with van der Waals surface area (Å²) in [6.45, 7) is 2.76. The SMILES string of the molecule is CCn1cc(Cl)cc1C(=O)N1CC(OC)CC1C(=O)O. The van der Waals surface area contributed by atoms with Crippen LogP contribution in [0.2, 0.25) is 5.02 Å². The van der Waals surface area contributed by atoms with Gasteiger partial charge in [0.05, 0.1) is 11.1 Å². The van der Waals surface area contributed by atoms with Crippen molar-refractivity contribution in [3.8, 4) is 0 Å². The van der Waals surface area contributed by atoms with Gasteiger partial charge >= 0.3 is 5.97 Å². The van der Waals surface area contributed by atoms with Gasteiger partial charge in [-0.15, -0.1) is 0 Å². The third-order valence-electron chi connectivity index (χ3n) is 3.56. The fraction of sp³-hybridized carbons (Fsp3) is 0.538. The summed E-state index contributed by atoms with van der Waals surface area (Å²) in [6, 6.07) is 0.707. The summed E-state index contributed by atoms with van der Waals surface area (Å²) in [5.74, 6) is -1.34. The molecule has 0 spiro atoms. The Labute approximate surface area is 121 Å². The molecule has 0 radical (unpaired) electrons. The van der Waals surface area contributed by atoms with E-state index in [9.17, 15) is 14.7 Å². The average molecular weight is 301 g/mol. The minimum absolute atomic E-state index is 0.249. The van der Waals surface area contributed by atoms with E-state index in [0.717, 1.165) is 0 Å². The predicted molar refractivity (Wildman–Crippen MR) is 73.0 cm³/mol. The Kier molecular flexibility index (Phi) is 4.35. The Morgan fingerprint density at radius 1 is 1.55 bits per heavy atom. The summed E-state index contributed by atoms with van der Waals surface area (Å²) in [4.78, 5) is 25.2. The van der Waals surface area contributed by atoms with Crippen LogP contribution < -0.4 is 0 Å². The van der Waals surface area contributed by atoms with Crippen LogP contribution in [0, 0.1) is 0 Å². The molecule has 1 aromatic rings. The molecule has 0 aromatic carbocycles. The number of carbonyl (C=O) groups excluding carboxylic acids is 1. The monoisotopic (exact) mass is 300 g/mol. The standard InChI is InChI=1S/C13H17ClN2O4/c1-3-15-6-8(14)4-10(15)12(17)16-7-9(20-2)5-11(16)13(18)19/h4,6,9,11H,3,5,7H2,1-2H3,(H,18,19). The zero-order valence-corrected chi connectivity index (χ0v) is 12.1. The van der Waals surface area contributed by atoms with Crippen molar-refractivity contribution >= 4 is 23.5 Å². The van der Waals surface area contributed by atoms with E-state index in [-0.39, 0.29) is 18.6 Å². The zero-order valence-electron chi connectivity index (χ0n) is 11.4. The summed E-state index contributed by atoms with van der Waals surface area (Å²) in [5, 5.41) is 9.70. The van der Waals surface area contributed by atoms with E-state index in [0.29, 0.717) is 23.7 Å². The second-order valence-corrected chi connectivity index (χ2v) is 5.17. The first-order valence-electron chi connectivity index (χ1n) is 6.40. The normalized spacial score (nSPS) is 22.2. The molecule has 1 aromatic heterocycles. The minimum Gasteiger partial charge on any atom is -0.480 e. The van der Waals surface area contributed by atoms with E-state index < -0.39 is 12.0 Å². The molecule has 110 valence electrons. The predicted octanol–water partition coefficient (Wildman–Crippen LogP) is 1.48. The molecule has 1 aliphatic rings. The number of carbonyl (C=O) groups is 2. The number of methoxy groups -OCH3 is 1. The molecule has 20 heavy (non-hydrogen) atoms. The Bertz CT molecular complexity index is 528.